The van der Waals surface area contributed by atoms with Crippen molar-refractivity contribution in [3.05, 3.63) is 99.5 Å². The van der Waals surface area contributed by atoms with Gasteiger partial charge in [0.15, 0.2) is 6.10 Å². The number of nitrogens with one attached hydrogen (secondary N) is 1. The van der Waals surface area contributed by atoms with E-state index < -0.39 is 18.0 Å². The maximum Gasteiger partial charge on any atom is 0.356 e. The van der Waals surface area contributed by atoms with E-state index in [0.29, 0.717) is 22.0 Å². The number of pyridine rings is 1. The zero-order chi connectivity index (χ0) is 25.3. The minimum Gasteiger partial charge on any atom is -0.448 e. The molecule has 4 aromatic rings. The summed E-state index contributed by atoms with van der Waals surface area (Å²) in [4.78, 5) is 39.4. The van der Waals surface area contributed by atoms with Crippen molar-refractivity contribution in [3.8, 4) is 11.1 Å². The predicted molar refractivity (Wildman–Crippen MR) is 139 cm³/mol. The van der Waals surface area contributed by atoms with Gasteiger partial charge in [0.1, 0.15) is 5.69 Å². The van der Waals surface area contributed by atoms with Crippen molar-refractivity contribution in [3.63, 3.8) is 0 Å². The average molecular weight is 469 g/mol. The lowest BCUT2D eigenvalue weighted by molar-refractivity contribution is -0.123. The van der Waals surface area contributed by atoms with E-state index >= 15 is 0 Å². The van der Waals surface area contributed by atoms with Gasteiger partial charge in [-0.3, -0.25) is 9.59 Å². The summed E-state index contributed by atoms with van der Waals surface area (Å²) in [7, 11) is 1.55. The third-order valence-corrected chi connectivity index (χ3v) is 6.14. The van der Waals surface area contributed by atoms with Crippen molar-refractivity contribution in [1.29, 1.82) is 0 Å². The van der Waals surface area contributed by atoms with Crippen LogP contribution in [-0.4, -0.2) is 22.5 Å². The van der Waals surface area contributed by atoms with E-state index in [2.05, 4.69) is 5.32 Å². The highest BCUT2D eigenvalue weighted by atomic mass is 16.5. The van der Waals surface area contributed by atoms with Crippen molar-refractivity contribution < 1.29 is 14.3 Å². The van der Waals surface area contributed by atoms with Crippen molar-refractivity contribution >= 4 is 28.3 Å². The molecule has 4 rings (SSSR count). The number of hydrogen-bond donors (Lipinski definition) is 1. The molecule has 0 fully saturated rings. The Labute approximate surface area is 204 Å². The predicted octanol–water partition coefficient (Wildman–Crippen LogP) is 5.31. The van der Waals surface area contributed by atoms with Crippen LogP contribution in [-0.2, 0) is 16.6 Å². The molecule has 6 heteroatoms. The Hall–Kier alpha value is -4.19. The van der Waals surface area contributed by atoms with Crippen molar-refractivity contribution in [1.82, 2.24) is 4.57 Å². The first-order valence-corrected chi connectivity index (χ1v) is 11.4. The minimum atomic E-state index is -1.07. The number of hydrogen-bond acceptors (Lipinski definition) is 4. The fourth-order valence-electron chi connectivity index (χ4n) is 4.09. The average Bonchev–Trinajstić information content (AvgIpc) is 2.84. The van der Waals surface area contributed by atoms with E-state index in [1.54, 1.807) is 19.2 Å². The van der Waals surface area contributed by atoms with Gasteiger partial charge in [-0.1, -0.05) is 60.2 Å². The maximum absolute atomic E-state index is 13.4. The molecule has 1 heterocycles. The zero-order valence-corrected chi connectivity index (χ0v) is 20.5. The molecule has 0 bridgehead atoms. The number of ether oxygens (including phenoxy) is 1. The van der Waals surface area contributed by atoms with Crippen LogP contribution in [0.2, 0.25) is 0 Å². The molecular weight excluding hydrogens is 440 g/mol. The van der Waals surface area contributed by atoms with Crippen LogP contribution >= 0.6 is 0 Å². The molecule has 0 saturated heterocycles. The Morgan fingerprint density at radius 1 is 0.886 bits per heavy atom. The molecule has 35 heavy (non-hydrogen) atoms. The highest BCUT2D eigenvalue weighted by Crippen LogP contribution is 2.31. The fourth-order valence-corrected chi connectivity index (χ4v) is 4.09. The lowest BCUT2D eigenvalue weighted by Gasteiger charge is -2.19. The topological polar surface area (TPSA) is 77.4 Å². The number of nitrogens with zero attached hydrogens (tertiary/aromatic N) is 1. The van der Waals surface area contributed by atoms with Gasteiger partial charge in [-0.2, -0.15) is 0 Å². The Kier molecular flexibility index (Phi) is 6.56. The van der Waals surface area contributed by atoms with Crippen LogP contribution in [0.25, 0.3) is 21.9 Å². The number of aryl methyl sites for hydroxylation is 3. The largest absolute Gasteiger partial charge is 0.448 e. The van der Waals surface area contributed by atoms with Gasteiger partial charge in [-0.15, -0.1) is 0 Å². The molecular formula is C29H28N2O4. The van der Waals surface area contributed by atoms with Gasteiger partial charge in [-0.25, -0.2) is 4.79 Å². The fraction of sp³-hybridized carbons (Fsp3) is 0.207. The molecule has 0 aliphatic heterocycles. The summed E-state index contributed by atoms with van der Waals surface area (Å²) >= 11 is 0. The van der Waals surface area contributed by atoms with Gasteiger partial charge >= 0.3 is 5.97 Å². The molecule has 6 nitrogen and oxygen atoms in total. The van der Waals surface area contributed by atoms with Crippen molar-refractivity contribution in [2.45, 2.75) is 33.8 Å². The van der Waals surface area contributed by atoms with Crippen LogP contribution in [0.4, 0.5) is 5.69 Å². The highest BCUT2D eigenvalue weighted by molar-refractivity contribution is 6.07. The Balaban J connectivity index is 1.74. The smallest absolute Gasteiger partial charge is 0.356 e. The van der Waals surface area contributed by atoms with E-state index in [4.69, 9.17) is 4.74 Å². The van der Waals surface area contributed by atoms with E-state index in [0.717, 1.165) is 22.3 Å². The first-order chi connectivity index (χ1) is 16.7. The third kappa shape index (κ3) is 4.73. The molecule has 1 atom stereocenters. The summed E-state index contributed by atoms with van der Waals surface area (Å²) in [5, 5.41) is 3.99. The zero-order valence-electron chi connectivity index (χ0n) is 20.5. The molecule has 1 N–H and O–H groups in total. The molecule has 0 aliphatic carbocycles. The van der Waals surface area contributed by atoms with Gasteiger partial charge < -0.3 is 14.6 Å². The molecule has 178 valence electrons. The van der Waals surface area contributed by atoms with Gasteiger partial charge in [-0.05, 0) is 61.9 Å². The van der Waals surface area contributed by atoms with Gasteiger partial charge in [0, 0.05) is 23.7 Å². The quantitative estimate of drug-likeness (QED) is 0.403. The van der Waals surface area contributed by atoms with E-state index in [9.17, 15) is 14.4 Å². The first kappa shape index (κ1) is 24.0. The summed E-state index contributed by atoms with van der Waals surface area (Å²) in [6, 6.07) is 20.6. The standard InChI is InChI=1S/C29H28N2O4/c1-17-11-14-21(15-12-17)25-22-8-6-7-9-23(22)28(33)31(5)26(25)29(34)35-20(4)27(32)30-24-16-18(2)10-13-19(24)3/h6-16,20H,1-5H3,(H,30,32). The van der Waals surface area contributed by atoms with Gasteiger partial charge in [0.2, 0.25) is 0 Å². The van der Waals surface area contributed by atoms with E-state index in [-0.39, 0.29) is 11.3 Å². The molecule has 3 aromatic carbocycles. The second-order valence-corrected chi connectivity index (χ2v) is 8.85. The number of benzene rings is 3. The second-order valence-electron chi connectivity index (χ2n) is 8.85. The number of aromatic nitrogens is 1. The Morgan fingerprint density at radius 2 is 1.51 bits per heavy atom. The summed E-state index contributed by atoms with van der Waals surface area (Å²) in [5.74, 6) is -1.19. The third-order valence-electron chi connectivity index (χ3n) is 6.14. The lowest BCUT2D eigenvalue weighted by atomic mass is 9.96. The van der Waals surface area contributed by atoms with Crippen LogP contribution in [0.5, 0.6) is 0 Å². The van der Waals surface area contributed by atoms with Gasteiger partial charge in [0.05, 0.1) is 0 Å². The number of rotatable bonds is 5. The second kappa shape index (κ2) is 9.58. The summed E-state index contributed by atoms with van der Waals surface area (Å²) in [6.45, 7) is 7.33. The van der Waals surface area contributed by atoms with E-state index in [1.807, 2.05) is 75.4 Å². The normalized spacial score (nSPS) is 11.8. The van der Waals surface area contributed by atoms with Gasteiger partial charge in [0.25, 0.3) is 11.5 Å². The van der Waals surface area contributed by atoms with Crippen LogP contribution in [0.15, 0.2) is 71.5 Å². The van der Waals surface area contributed by atoms with Crippen LogP contribution in [0.3, 0.4) is 0 Å². The molecule has 1 amide bonds. The van der Waals surface area contributed by atoms with E-state index in [1.165, 1.54) is 11.5 Å². The summed E-state index contributed by atoms with van der Waals surface area (Å²) < 4.78 is 6.90. The maximum atomic E-state index is 13.4. The number of esters is 1. The number of amides is 1. The monoisotopic (exact) mass is 468 g/mol. The molecule has 0 saturated carbocycles. The lowest BCUT2D eigenvalue weighted by Crippen LogP contribution is -2.33. The number of carbonyl (C=O) groups excluding carboxylic acids is 2. The van der Waals surface area contributed by atoms with Crippen molar-refractivity contribution in [2.75, 3.05) is 5.32 Å². The van der Waals surface area contributed by atoms with Crippen LogP contribution in [0.1, 0.15) is 34.1 Å². The Morgan fingerprint density at radius 3 is 2.20 bits per heavy atom. The first-order valence-electron chi connectivity index (χ1n) is 11.4. The SMILES string of the molecule is Cc1ccc(-c2c(C(=O)OC(C)C(=O)Nc3cc(C)ccc3C)n(C)c(=O)c3ccccc23)cc1. The number of carbonyl (C=O) groups is 2. The molecule has 1 aromatic heterocycles. The summed E-state index contributed by atoms with van der Waals surface area (Å²) in [5.41, 5.74) is 4.81. The molecule has 0 radical (unpaired) electrons. The number of fused-ring (bicyclic) bond motifs is 1. The number of anilines is 1. The highest BCUT2D eigenvalue weighted by Gasteiger charge is 2.26. The van der Waals surface area contributed by atoms with Crippen molar-refractivity contribution in [2.24, 2.45) is 7.05 Å². The molecule has 1 unspecified atom stereocenters. The van der Waals surface area contributed by atoms with Crippen LogP contribution in [0, 0.1) is 20.8 Å². The Bertz CT molecular complexity index is 1500. The minimum absolute atomic E-state index is 0.101. The summed E-state index contributed by atoms with van der Waals surface area (Å²) in [6.07, 6.45) is -1.07. The molecule has 0 spiro atoms. The molecule has 0 aliphatic rings. The van der Waals surface area contributed by atoms with Crippen LogP contribution < -0.4 is 10.9 Å².